The summed E-state index contributed by atoms with van der Waals surface area (Å²) in [7, 11) is 1.63. The number of hydrogen-bond donors (Lipinski definition) is 1. The Morgan fingerprint density at radius 3 is 2.65 bits per heavy atom. The molecule has 1 aromatic rings. The minimum Gasteiger partial charge on any atom is -0.496 e. The lowest BCUT2D eigenvalue weighted by Gasteiger charge is -2.16. The van der Waals surface area contributed by atoms with Crippen LogP contribution >= 0.6 is 0 Å². The number of azide groups is 1. The van der Waals surface area contributed by atoms with Gasteiger partial charge in [-0.2, -0.15) is 0 Å². The highest BCUT2D eigenvalue weighted by atomic mass is 16.5. The lowest BCUT2D eigenvalue weighted by Crippen LogP contribution is -2.02. The number of hydrogen-bond acceptors (Lipinski definition) is 3. The average Bonchev–Trinajstić information content (AvgIpc) is 2.31. The predicted octanol–water partition coefficient (Wildman–Crippen LogP) is 3.05. The molecule has 1 aromatic carbocycles. The number of aliphatic hydroxyl groups is 1. The van der Waals surface area contributed by atoms with Gasteiger partial charge in [0.05, 0.1) is 13.2 Å². The van der Waals surface area contributed by atoms with Crippen LogP contribution in [0.2, 0.25) is 0 Å². The van der Waals surface area contributed by atoms with E-state index in [1.54, 1.807) is 7.11 Å². The molecular formula is C12H17N3O2. The summed E-state index contributed by atoms with van der Waals surface area (Å²) in [6.07, 6.45) is 0.427. The van der Waals surface area contributed by atoms with Crippen molar-refractivity contribution in [2.75, 3.05) is 13.7 Å². The molecule has 1 N–H and O–H groups in total. The third-order valence-corrected chi connectivity index (χ3v) is 2.74. The third-order valence-electron chi connectivity index (χ3n) is 2.74. The summed E-state index contributed by atoms with van der Waals surface area (Å²) in [5.41, 5.74) is 11.5. The maximum atomic E-state index is 8.98. The molecule has 0 aliphatic heterocycles. The van der Waals surface area contributed by atoms with Crippen molar-refractivity contribution in [1.29, 1.82) is 0 Å². The monoisotopic (exact) mass is 235 g/mol. The van der Waals surface area contributed by atoms with Gasteiger partial charge >= 0.3 is 0 Å². The Labute approximate surface area is 101 Å². The summed E-state index contributed by atoms with van der Waals surface area (Å²) in [6.45, 7) is 3.87. The van der Waals surface area contributed by atoms with Crippen molar-refractivity contribution in [3.05, 3.63) is 39.3 Å². The van der Waals surface area contributed by atoms with E-state index in [1.165, 1.54) is 0 Å². The number of benzene rings is 1. The fourth-order valence-corrected chi connectivity index (χ4v) is 1.85. The van der Waals surface area contributed by atoms with Crippen LogP contribution in [0.5, 0.6) is 5.75 Å². The van der Waals surface area contributed by atoms with Gasteiger partial charge in [-0.1, -0.05) is 11.2 Å². The zero-order valence-corrected chi connectivity index (χ0v) is 10.3. The van der Waals surface area contributed by atoms with Crippen molar-refractivity contribution in [1.82, 2.24) is 0 Å². The van der Waals surface area contributed by atoms with E-state index < -0.39 is 0 Å². The van der Waals surface area contributed by atoms with Crippen LogP contribution < -0.4 is 4.74 Å². The van der Waals surface area contributed by atoms with E-state index in [1.807, 2.05) is 26.0 Å². The van der Waals surface area contributed by atoms with Gasteiger partial charge in [-0.25, -0.2) is 0 Å². The van der Waals surface area contributed by atoms with E-state index in [0.717, 1.165) is 22.4 Å². The summed E-state index contributed by atoms with van der Waals surface area (Å²) in [5, 5.41) is 12.7. The Hall–Kier alpha value is -1.71. The minimum atomic E-state index is -0.324. The molecule has 17 heavy (non-hydrogen) atoms. The lowest BCUT2D eigenvalue weighted by atomic mass is 9.97. The van der Waals surface area contributed by atoms with Crippen molar-refractivity contribution < 1.29 is 9.84 Å². The van der Waals surface area contributed by atoms with E-state index >= 15 is 0 Å². The summed E-state index contributed by atoms with van der Waals surface area (Å²) in [4.78, 5) is 2.83. The first-order chi connectivity index (χ1) is 8.13. The second-order valence-corrected chi connectivity index (χ2v) is 3.91. The SMILES string of the molecule is COc1cc(C)c(C(CCO)N=[N+]=[N-])cc1C. The molecule has 0 radical (unpaired) electrons. The Kier molecular flexibility index (Phi) is 4.82. The number of aliphatic hydroxyl groups excluding tert-OH is 1. The second kappa shape index (κ2) is 6.13. The van der Waals surface area contributed by atoms with Gasteiger partial charge in [-0.3, -0.25) is 0 Å². The van der Waals surface area contributed by atoms with E-state index in [9.17, 15) is 0 Å². The van der Waals surface area contributed by atoms with E-state index in [0.29, 0.717) is 6.42 Å². The molecule has 0 aliphatic carbocycles. The van der Waals surface area contributed by atoms with Crippen LogP contribution in [0, 0.1) is 13.8 Å². The van der Waals surface area contributed by atoms with E-state index in [-0.39, 0.29) is 12.6 Å². The van der Waals surface area contributed by atoms with Crippen molar-refractivity contribution in [3.63, 3.8) is 0 Å². The molecule has 1 rings (SSSR count). The molecule has 1 unspecified atom stereocenters. The molecule has 1 atom stereocenters. The summed E-state index contributed by atoms with van der Waals surface area (Å²) in [6, 6.07) is 3.54. The van der Waals surface area contributed by atoms with Crippen LogP contribution in [0.3, 0.4) is 0 Å². The summed E-state index contributed by atoms with van der Waals surface area (Å²) < 4.78 is 5.23. The molecule has 0 amide bonds. The molecule has 0 aromatic heterocycles. The predicted molar refractivity (Wildman–Crippen MR) is 66.1 cm³/mol. The third kappa shape index (κ3) is 3.12. The highest BCUT2D eigenvalue weighted by Crippen LogP contribution is 2.30. The Morgan fingerprint density at radius 1 is 1.41 bits per heavy atom. The van der Waals surface area contributed by atoms with E-state index in [2.05, 4.69) is 10.0 Å². The highest BCUT2D eigenvalue weighted by Gasteiger charge is 2.13. The Morgan fingerprint density at radius 2 is 2.12 bits per heavy atom. The Balaban J connectivity index is 3.19. The molecule has 0 saturated carbocycles. The van der Waals surface area contributed by atoms with Crippen LogP contribution in [0.1, 0.15) is 29.2 Å². The average molecular weight is 235 g/mol. The summed E-state index contributed by atoms with van der Waals surface area (Å²) in [5.74, 6) is 0.815. The lowest BCUT2D eigenvalue weighted by molar-refractivity contribution is 0.276. The fourth-order valence-electron chi connectivity index (χ4n) is 1.85. The first kappa shape index (κ1) is 13.4. The minimum absolute atomic E-state index is 0.00575. The maximum absolute atomic E-state index is 8.98. The van der Waals surface area contributed by atoms with Gasteiger partial charge < -0.3 is 9.84 Å². The maximum Gasteiger partial charge on any atom is 0.122 e. The standard InChI is InChI=1S/C12H17N3O2/c1-8-7-12(17-3)9(2)6-10(8)11(4-5-16)14-15-13/h6-7,11,16H,4-5H2,1-3H3. The van der Waals surface area contributed by atoms with Crippen LogP contribution in [-0.2, 0) is 0 Å². The number of methoxy groups -OCH3 is 1. The van der Waals surface area contributed by atoms with Crippen LogP contribution in [0.25, 0.3) is 10.4 Å². The number of ether oxygens (including phenoxy) is 1. The van der Waals surface area contributed by atoms with Crippen LogP contribution in [0.4, 0.5) is 0 Å². The van der Waals surface area contributed by atoms with Gasteiger partial charge in [-0.05, 0) is 48.6 Å². The van der Waals surface area contributed by atoms with Crippen molar-refractivity contribution in [3.8, 4) is 5.75 Å². The van der Waals surface area contributed by atoms with Crippen molar-refractivity contribution in [2.24, 2.45) is 5.11 Å². The zero-order chi connectivity index (χ0) is 12.8. The molecule has 0 bridgehead atoms. The fraction of sp³-hybridized carbons (Fsp3) is 0.500. The van der Waals surface area contributed by atoms with Crippen molar-refractivity contribution in [2.45, 2.75) is 26.3 Å². The quantitative estimate of drug-likeness (QED) is 0.483. The first-order valence-electron chi connectivity index (χ1n) is 5.44. The van der Waals surface area contributed by atoms with Crippen LogP contribution in [0.15, 0.2) is 17.2 Å². The van der Waals surface area contributed by atoms with Gasteiger partial charge in [0, 0.05) is 11.5 Å². The highest BCUT2D eigenvalue weighted by molar-refractivity contribution is 5.42. The molecule has 5 heteroatoms. The zero-order valence-electron chi connectivity index (χ0n) is 10.3. The van der Waals surface area contributed by atoms with Gasteiger partial charge in [0.1, 0.15) is 5.75 Å². The first-order valence-corrected chi connectivity index (χ1v) is 5.44. The van der Waals surface area contributed by atoms with Gasteiger partial charge in [0.25, 0.3) is 0 Å². The smallest absolute Gasteiger partial charge is 0.122 e. The topological polar surface area (TPSA) is 78.2 Å². The Bertz CT molecular complexity index is 440. The molecule has 0 spiro atoms. The largest absolute Gasteiger partial charge is 0.496 e. The van der Waals surface area contributed by atoms with Gasteiger partial charge in [0.15, 0.2) is 0 Å². The normalized spacial score (nSPS) is 11.8. The number of nitrogens with zero attached hydrogens (tertiary/aromatic N) is 3. The molecule has 0 fully saturated rings. The number of aryl methyl sites for hydroxylation is 2. The van der Waals surface area contributed by atoms with E-state index in [4.69, 9.17) is 15.4 Å². The molecular weight excluding hydrogens is 218 g/mol. The number of rotatable bonds is 5. The summed E-state index contributed by atoms with van der Waals surface area (Å²) >= 11 is 0. The van der Waals surface area contributed by atoms with Gasteiger partial charge in [0.2, 0.25) is 0 Å². The van der Waals surface area contributed by atoms with Crippen molar-refractivity contribution >= 4 is 0 Å². The molecule has 92 valence electrons. The molecule has 0 aliphatic rings. The second-order valence-electron chi connectivity index (χ2n) is 3.91. The molecule has 5 nitrogen and oxygen atoms in total. The molecule has 0 heterocycles. The van der Waals surface area contributed by atoms with Gasteiger partial charge in [-0.15, -0.1) is 0 Å². The molecule has 0 saturated heterocycles. The van der Waals surface area contributed by atoms with Crippen LogP contribution in [-0.4, -0.2) is 18.8 Å².